The molecule has 0 saturated heterocycles. The van der Waals surface area contributed by atoms with Crippen molar-refractivity contribution in [2.75, 3.05) is 11.9 Å². The van der Waals surface area contributed by atoms with Crippen molar-refractivity contribution in [3.05, 3.63) is 59.5 Å². The van der Waals surface area contributed by atoms with Crippen molar-refractivity contribution in [3.63, 3.8) is 0 Å². The number of halogens is 1. The van der Waals surface area contributed by atoms with Gasteiger partial charge in [0.2, 0.25) is 0 Å². The number of carbonyl (C=O) groups excluding carboxylic acids is 1. The Balaban J connectivity index is 2.14. The Morgan fingerprint density at radius 2 is 2.06 bits per heavy atom. The maximum atomic E-state index is 13.5. The van der Waals surface area contributed by atoms with Gasteiger partial charge in [-0.25, -0.2) is 9.37 Å². The summed E-state index contributed by atoms with van der Waals surface area (Å²) >= 11 is 0. The normalized spacial score (nSPS) is 10.1. The number of carbonyl (C=O) groups is 1. The van der Waals surface area contributed by atoms with Gasteiger partial charge in [0, 0.05) is 30.9 Å². The molecular formula is C14H13FN2O. The Morgan fingerprint density at radius 1 is 1.28 bits per heavy atom. The van der Waals surface area contributed by atoms with E-state index in [0.29, 0.717) is 23.5 Å². The number of rotatable bonds is 4. The topological polar surface area (TPSA) is 33.2 Å². The van der Waals surface area contributed by atoms with Crippen LogP contribution in [0.4, 0.5) is 10.2 Å². The number of aldehydes is 1. The number of benzene rings is 1. The van der Waals surface area contributed by atoms with Gasteiger partial charge in [-0.2, -0.15) is 0 Å². The average Bonchev–Trinajstić information content (AvgIpc) is 2.41. The fraction of sp³-hybridized carbons (Fsp3) is 0.143. The summed E-state index contributed by atoms with van der Waals surface area (Å²) in [7, 11) is 1.83. The minimum atomic E-state index is -0.228. The zero-order valence-corrected chi connectivity index (χ0v) is 10.0. The highest BCUT2D eigenvalue weighted by molar-refractivity contribution is 5.74. The van der Waals surface area contributed by atoms with Crippen LogP contribution in [0.3, 0.4) is 0 Å². The van der Waals surface area contributed by atoms with Gasteiger partial charge in [-0.3, -0.25) is 4.79 Å². The molecule has 0 fully saturated rings. The summed E-state index contributed by atoms with van der Waals surface area (Å²) in [5, 5.41) is 0. The van der Waals surface area contributed by atoms with Crippen molar-refractivity contribution in [2.45, 2.75) is 6.54 Å². The number of hydrogen-bond donors (Lipinski definition) is 0. The number of hydrogen-bond acceptors (Lipinski definition) is 3. The van der Waals surface area contributed by atoms with Gasteiger partial charge in [-0.05, 0) is 18.2 Å². The van der Waals surface area contributed by atoms with Gasteiger partial charge in [-0.1, -0.05) is 18.2 Å². The molecule has 0 unspecified atom stereocenters. The highest BCUT2D eigenvalue weighted by Gasteiger charge is 2.06. The molecule has 4 heteroatoms. The molecule has 0 aliphatic rings. The second-order valence-electron chi connectivity index (χ2n) is 4.02. The molecule has 0 amide bonds. The van der Waals surface area contributed by atoms with Gasteiger partial charge in [0.05, 0.1) is 0 Å². The second kappa shape index (κ2) is 5.40. The fourth-order valence-corrected chi connectivity index (χ4v) is 1.66. The number of aromatic nitrogens is 1. The highest BCUT2D eigenvalue weighted by atomic mass is 19.1. The maximum Gasteiger partial charge on any atom is 0.151 e. The molecule has 0 N–H and O–H groups in total. The number of anilines is 1. The zero-order valence-electron chi connectivity index (χ0n) is 10.0. The quantitative estimate of drug-likeness (QED) is 0.775. The SMILES string of the molecule is CN(Cc1ccccc1F)c1ccc(C=O)cn1. The van der Waals surface area contributed by atoms with E-state index >= 15 is 0 Å². The summed E-state index contributed by atoms with van der Waals surface area (Å²) in [4.78, 5) is 16.5. The predicted molar refractivity (Wildman–Crippen MR) is 68.1 cm³/mol. The van der Waals surface area contributed by atoms with Crippen LogP contribution in [0.25, 0.3) is 0 Å². The lowest BCUT2D eigenvalue weighted by Gasteiger charge is -2.18. The zero-order chi connectivity index (χ0) is 13.0. The average molecular weight is 244 g/mol. The number of pyridine rings is 1. The van der Waals surface area contributed by atoms with E-state index in [1.807, 2.05) is 11.9 Å². The molecule has 0 radical (unpaired) electrons. The van der Waals surface area contributed by atoms with Crippen molar-refractivity contribution in [2.24, 2.45) is 0 Å². The molecule has 0 bridgehead atoms. The molecular weight excluding hydrogens is 231 g/mol. The van der Waals surface area contributed by atoms with Gasteiger partial charge in [0.15, 0.2) is 6.29 Å². The van der Waals surface area contributed by atoms with Crippen molar-refractivity contribution >= 4 is 12.1 Å². The fourth-order valence-electron chi connectivity index (χ4n) is 1.66. The van der Waals surface area contributed by atoms with Gasteiger partial charge in [-0.15, -0.1) is 0 Å². The third-order valence-corrected chi connectivity index (χ3v) is 2.66. The first-order chi connectivity index (χ1) is 8.70. The Hall–Kier alpha value is -2.23. The molecule has 2 rings (SSSR count). The molecule has 0 saturated carbocycles. The van der Waals surface area contributed by atoms with Crippen LogP contribution in [0.5, 0.6) is 0 Å². The van der Waals surface area contributed by atoms with E-state index in [9.17, 15) is 9.18 Å². The molecule has 0 spiro atoms. The third kappa shape index (κ3) is 2.71. The van der Waals surface area contributed by atoms with Crippen LogP contribution in [-0.2, 0) is 6.54 Å². The van der Waals surface area contributed by atoms with Crippen LogP contribution in [-0.4, -0.2) is 18.3 Å². The van der Waals surface area contributed by atoms with Gasteiger partial charge < -0.3 is 4.90 Å². The number of nitrogens with zero attached hydrogens (tertiary/aromatic N) is 2. The molecule has 0 aliphatic carbocycles. The molecule has 1 heterocycles. The minimum Gasteiger partial charge on any atom is -0.355 e. The maximum absolute atomic E-state index is 13.5. The Kier molecular flexibility index (Phi) is 3.67. The smallest absolute Gasteiger partial charge is 0.151 e. The van der Waals surface area contributed by atoms with E-state index in [2.05, 4.69) is 4.98 Å². The van der Waals surface area contributed by atoms with Crippen LogP contribution >= 0.6 is 0 Å². The Bertz CT molecular complexity index is 540. The molecule has 18 heavy (non-hydrogen) atoms. The van der Waals surface area contributed by atoms with Crippen LogP contribution in [0.15, 0.2) is 42.6 Å². The van der Waals surface area contributed by atoms with Crippen molar-refractivity contribution in [1.29, 1.82) is 0 Å². The van der Waals surface area contributed by atoms with Crippen molar-refractivity contribution < 1.29 is 9.18 Å². The second-order valence-corrected chi connectivity index (χ2v) is 4.02. The van der Waals surface area contributed by atoms with E-state index in [1.54, 1.807) is 30.3 Å². The minimum absolute atomic E-state index is 0.228. The first kappa shape index (κ1) is 12.2. The lowest BCUT2D eigenvalue weighted by molar-refractivity contribution is 0.112. The van der Waals surface area contributed by atoms with E-state index in [-0.39, 0.29) is 5.82 Å². The van der Waals surface area contributed by atoms with Crippen molar-refractivity contribution in [1.82, 2.24) is 4.98 Å². The molecule has 92 valence electrons. The highest BCUT2D eigenvalue weighted by Crippen LogP contribution is 2.14. The van der Waals surface area contributed by atoms with E-state index < -0.39 is 0 Å². The molecule has 2 aromatic rings. The first-order valence-corrected chi connectivity index (χ1v) is 5.56. The van der Waals surface area contributed by atoms with Gasteiger partial charge in [0.25, 0.3) is 0 Å². The van der Waals surface area contributed by atoms with Gasteiger partial charge in [0.1, 0.15) is 11.6 Å². The third-order valence-electron chi connectivity index (χ3n) is 2.66. The summed E-state index contributed by atoms with van der Waals surface area (Å²) in [6, 6.07) is 10.1. The van der Waals surface area contributed by atoms with Gasteiger partial charge >= 0.3 is 0 Å². The molecule has 0 atom stereocenters. The van der Waals surface area contributed by atoms with Crippen LogP contribution in [0.1, 0.15) is 15.9 Å². The molecule has 1 aromatic heterocycles. The van der Waals surface area contributed by atoms with Crippen LogP contribution < -0.4 is 4.90 Å². The first-order valence-electron chi connectivity index (χ1n) is 5.56. The summed E-state index contributed by atoms with van der Waals surface area (Å²) in [5.41, 5.74) is 1.14. The van der Waals surface area contributed by atoms with E-state index in [4.69, 9.17) is 0 Å². The summed E-state index contributed by atoms with van der Waals surface area (Å²) in [5.74, 6) is 0.470. The lowest BCUT2D eigenvalue weighted by atomic mass is 10.2. The molecule has 3 nitrogen and oxygen atoms in total. The molecule has 0 aliphatic heterocycles. The Morgan fingerprint density at radius 3 is 2.67 bits per heavy atom. The lowest BCUT2D eigenvalue weighted by Crippen LogP contribution is -2.18. The molecule has 1 aromatic carbocycles. The van der Waals surface area contributed by atoms with E-state index in [1.165, 1.54) is 12.3 Å². The largest absolute Gasteiger partial charge is 0.355 e. The van der Waals surface area contributed by atoms with Crippen LogP contribution in [0, 0.1) is 5.82 Å². The summed E-state index contributed by atoms with van der Waals surface area (Å²) < 4.78 is 13.5. The summed E-state index contributed by atoms with van der Waals surface area (Å²) in [6.45, 7) is 0.431. The standard InChI is InChI=1S/C14H13FN2O/c1-17(9-12-4-2-3-5-13(12)15)14-7-6-11(10-18)8-16-14/h2-8,10H,9H2,1H3. The predicted octanol–water partition coefficient (Wildman–Crippen LogP) is 2.67. The van der Waals surface area contributed by atoms with E-state index in [0.717, 1.165) is 6.29 Å². The van der Waals surface area contributed by atoms with Crippen LogP contribution in [0.2, 0.25) is 0 Å². The van der Waals surface area contributed by atoms with Crippen molar-refractivity contribution in [3.8, 4) is 0 Å². The monoisotopic (exact) mass is 244 g/mol. The Labute approximate surface area is 105 Å². The summed E-state index contributed by atoms with van der Waals surface area (Å²) in [6.07, 6.45) is 2.24.